The number of nitrogens with zero attached hydrogens (tertiary/aromatic N) is 2. The van der Waals surface area contributed by atoms with Crippen molar-refractivity contribution in [2.45, 2.75) is 51.1 Å². The summed E-state index contributed by atoms with van der Waals surface area (Å²) in [5, 5.41) is 27.3. The SMILES string of the molecule is CCC=C(C(=O)N[C@@H]1C(=O)N2C(C(=O)[O-])=C(CO)CS[C@H]12)c1csc(NC(=O)OC(C)(C)C)n1.[Na+]. The summed E-state index contributed by atoms with van der Waals surface area (Å²) in [6, 6.07) is -0.939. The van der Waals surface area contributed by atoms with E-state index in [4.69, 9.17) is 4.74 Å². The summed E-state index contributed by atoms with van der Waals surface area (Å²) in [6.45, 7) is 6.53. The minimum Gasteiger partial charge on any atom is -0.543 e. The molecule has 3 rings (SSSR count). The number of carboxylic acids is 1. The normalized spacial score (nSPS) is 19.9. The van der Waals surface area contributed by atoms with E-state index in [1.807, 2.05) is 6.92 Å². The number of carboxylic acid groups (broad SMARTS) is 1. The Balaban J connectivity index is 0.00000432. The number of aliphatic hydroxyl groups is 1. The Kier molecular flexibility index (Phi) is 9.96. The number of allylic oxidation sites excluding steroid dienone is 1. The van der Waals surface area contributed by atoms with Gasteiger partial charge in [0.05, 0.1) is 29.5 Å². The van der Waals surface area contributed by atoms with Gasteiger partial charge in [0.1, 0.15) is 17.0 Å². The third kappa shape index (κ3) is 6.66. The molecule has 0 spiro atoms. The molecule has 0 bridgehead atoms. The van der Waals surface area contributed by atoms with Crippen LogP contribution in [0.3, 0.4) is 0 Å². The van der Waals surface area contributed by atoms with Crippen LogP contribution in [0.2, 0.25) is 0 Å². The van der Waals surface area contributed by atoms with Crippen molar-refractivity contribution in [2.75, 3.05) is 17.7 Å². The van der Waals surface area contributed by atoms with Gasteiger partial charge in [-0.3, -0.25) is 19.8 Å². The van der Waals surface area contributed by atoms with Crippen molar-refractivity contribution in [3.05, 3.63) is 28.4 Å². The summed E-state index contributed by atoms with van der Waals surface area (Å²) >= 11 is 2.36. The molecular formula is C21H25N4NaO7S2. The van der Waals surface area contributed by atoms with Crippen LogP contribution in [0.5, 0.6) is 0 Å². The first kappa shape index (κ1) is 29.3. The number of β-lactam (4-membered cyclic amide) rings is 1. The van der Waals surface area contributed by atoms with Gasteiger partial charge in [-0.15, -0.1) is 23.1 Å². The fourth-order valence-electron chi connectivity index (χ4n) is 3.38. The average molecular weight is 533 g/mol. The molecule has 3 amide bonds. The predicted molar refractivity (Wildman–Crippen MR) is 124 cm³/mol. The van der Waals surface area contributed by atoms with E-state index in [2.05, 4.69) is 15.6 Å². The van der Waals surface area contributed by atoms with Crippen LogP contribution in [0.4, 0.5) is 9.93 Å². The molecule has 1 saturated heterocycles. The zero-order valence-electron chi connectivity index (χ0n) is 20.0. The maximum absolute atomic E-state index is 13.0. The van der Waals surface area contributed by atoms with Gasteiger partial charge in [-0.2, -0.15) is 0 Å². The molecule has 11 nitrogen and oxygen atoms in total. The molecule has 2 aliphatic rings. The maximum Gasteiger partial charge on any atom is 1.00 e. The molecule has 0 aromatic carbocycles. The number of hydrogen-bond donors (Lipinski definition) is 3. The van der Waals surface area contributed by atoms with Crippen LogP contribution >= 0.6 is 23.1 Å². The standard InChI is InChI=1S/C21H26N4O7S2.Na/c1-5-6-11(12-9-34-19(22-12)24-20(31)32-21(2,3)4)15(27)23-13-16(28)25-14(18(29)30)10(7-26)8-33-17(13)25;/h6,9,13,17,26H,5,7-8H2,1-4H3,(H,23,27)(H,29,30)(H,22,24,31);/q;+1/p-1/t13-,17-;/m1./s1. The van der Waals surface area contributed by atoms with Crippen molar-refractivity contribution >= 4 is 57.7 Å². The minimum absolute atomic E-state index is 0. The van der Waals surface area contributed by atoms with Crippen LogP contribution < -0.4 is 45.3 Å². The number of fused-ring (bicyclic) bond motifs is 1. The number of rotatable bonds is 7. The summed E-state index contributed by atoms with van der Waals surface area (Å²) in [6.07, 6.45) is 1.48. The van der Waals surface area contributed by atoms with E-state index >= 15 is 0 Å². The summed E-state index contributed by atoms with van der Waals surface area (Å²) in [7, 11) is 0. The number of amides is 3. The molecule has 3 heterocycles. The number of aromatic nitrogens is 1. The Morgan fingerprint density at radius 2 is 2.06 bits per heavy atom. The third-order valence-electron chi connectivity index (χ3n) is 4.76. The molecule has 1 fully saturated rings. The first-order valence-corrected chi connectivity index (χ1v) is 12.4. The molecule has 2 atom stereocenters. The van der Waals surface area contributed by atoms with Crippen LogP contribution in [-0.2, 0) is 19.1 Å². The van der Waals surface area contributed by atoms with E-state index in [-0.39, 0.29) is 57.3 Å². The summed E-state index contributed by atoms with van der Waals surface area (Å²) in [5.41, 5.74) is -0.300. The number of carbonyl (C=O) groups is 4. The van der Waals surface area contributed by atoms with E-state index in [1.165, 1.54) is 11.8 Å². The topological polar surface area (TPSA) is 161 Å². The predicted octanol–water partition coefficient (Wildman–Crippen LogP) is -2.32. The number of anilines is 1. The quantitative estimate of drug-likeness (QED) is 0.199. The number of aliphatic carboxylic acids is 1. The molecule has 0 aliphatic carbocycles. The number of nitrogens with one attached hydrogen (secondary N) is 2. The molecule has 0 saturated carbocycles. The second-order valence-electron chi connectivity index (χ2n) is 8.45. The molecule has 1 aromatic rings. The van der Waals surface area contributed by atoms with Gasteiger partial charge in [-0.05, 0) is 32.8 Å². The van der Waals surface area contributed by atoms with E-state index in [0.29, 0.717) is 12.1 Å². The molecule has 1 aromatic heterocycles. The van der Waals surface area contributed by atoms with Crippen molar-refractivity contribution in [1.82, 2.24) is 15.2 Å². The van der Waals surface area contributed by atoms with Crippen molar-refractivity contribution in [3.63, 3.8) is 0 Å². The molecule has 2 aliphatic heterocycles. The molecule has 35 heavy (non-hydrogen) atoms. The van der Waals surface area contributed by atoms with Crippen LogP contribution in [0.1, 0.15) is 39.8 Å². The Hall–Kier alpha value is -1.90. The van der Waals surface area contributed by atoms with Gasteiger partial charge in [0, 0.05) is 11.1 Å². The van der Waals surface area contributed by atoms with Crippen LogP contribution in [0.15, 0.2) is 22.7 Å². The third-order valence-corrected chi connectivity index (χ3v) is 6.86. The Labute approximate surface area is 232 Å². The summed E-state index contributed by atoms with van der Waals surface area (Å²) in [5.74, 6) is -2.51. The molecular weight excluding hydrogens is 507 g/mol. The Bertz CT molecular complexity index is 1080. The molecule has 184 valence electrons. The zero-order valence-corrected chi connectivity index (χ0v) is 23.7. The second-order valence-corrected chi connectivity index (χ2v) is 10.4. The van der Waals surface area contributed by atoms with E-state index in [1.54, 1.807) is 32.2 Å². The summed E-state index contributed by atoms with van der Waals surface area (Å²) < 4.78 is 5.20. The molecule has 3 N–H and O–H groups in total. The average Bonchev–Trinajstić information content (AvgIpc) is 3.20. The monoisotopic (exact) mass is 532 g/mol. The summed E-state index contributed by atoms with van der Waals surface area (Å²) in [4.78, 5) is 54.5. The first-order chi connectivity index (χ1) is 16.0. The number of ether oxygens (including phenoxy) is 1. The molecule has 14 heteroatoms. The van der Waals surface area contributed by atoms with Crippen molar-refractivity contribution in [1.29, 1.82) is 0 Å². The van der Waals surface area contributed by atoms with Gasteiger partial charge in [-0.25, -0.2) is 9.78 Å². The fourth-order valence-corrected chi connectivity index (χ4v) is 5.41. The molecule has 0 radical (unpaired) electrons. The largest absolute Gasteiger partial charge is 1.00 e. The number of thioether (sulfide) groups is 1. The minimum atomic E-state index is -1.55. The van der Waals surface area contributed by atoms with Crippen LogP contribution in [-0.4, -0.2) is 68.2 Å². The fraction of sp³-hybridized carbons (Fsp3) is 0.476. The number of thiazole rings is 1. The number of hydrogen-bond acceptors (Lipinski definition) is 10. The van der Waals surface area contributed by atoms with Gasteiger partial charge in [-0.1, -0.05) is 13.0 Å². The van der Waals surface area contributed by atoms with Gasteiger partial charge < -0.3 is 25.1 Å². The number of carbonyl (C=O) groups excluding carboxylic acids is 4. The number of aliphatic hydroxyl groups excluding tert-OH is 1. The second kappa shape index (κ2) is 11.9. The van der Waals surface area contributed by atoms with Crippen LogP contribution in [0, 0.1) is 0 Å². The smallest absolute Gasteiger partial charge is 0.543 e. The maximum atomic E-state index is 13.0. The van der Waals surface area contributed by atoms with E-state index in [0.717, 1.165) is 16.2 Å². The van der Waals surface area contributed by atoms with Crippen molar-refractivity contribution in [3.8, 4) is 0 Å². The van der Waals surface area contributed by atoms with Gasteiger partial charge in [0.15, 0.2) is 5.13 Å². The Morgan fingerprint density at radius 1 is 1.37 bits per heavy atom. The van der Waals surface area contributed by atoms with Crippen LogP contribution in [0.25, 0.3) is 5.57 Å². The van der Waals surface area contributed by atoms with Gasteiger partial charge in [0.25, 0.3) is 11.8 Å². The van der Waals surface area contributed by atoms with E-state index < -0.39 is 47.5 Å². The van der Waals surface area contributed by atoms with Crippen molar-refractivity contribution < 1.29 is 63.7 Å². The van der Waals surface area contributed by atoms with Gasteiger partial charge in [0.2, 0.25) is 0 Å². The molecule has 0 unspecified atom stereocenters. The van der Waals surface area contributed by atoms with Crippen molar-refractivity contribution in [2.24, 2.45) is 0 Å². The van der Waals surface area contributed by atoms with Gasteiger partial charge >= 0.3 is 35.7 Å². The Morgan fingerprint density at radius 3 is 2.63 bits per heavy atom. The zero-order chi connectivity index (χ0) is 25.2. The van der Waals surface area contributed by atoms with E-state index in [9.17, 15) is 29.4 Å². The first-order valence-electron chi connectivity index (χ1n) is 10.4.